The van der Waals surface area contributed by atoms with Crippen LogP contribution in [0.1, 0.15) is 124 Å². The maximum absolute atomic E-state index is 12.8. The number of hydrogen-bond donors (Lipinski definition) is 1. The van der Waals surface area contributed by atoms with Gasteiger partial charge in [-0.15, -0.1) is 0 Å². The highest BCUT2D eigenvalue weighted by Crippen LogP contribution is 2.39. The molecule has 8 aliphatic rings. The monoisotopic (exact) mass is 1050 g/mol. The quantitative estimate of drug-likeness (QED) is 0.171. The summed E-state index contributed by atoms with van der Waals surface area (Å²) in [6.07, 6.45) is 15.5. The first kappa shape index (κ1) is 53.8. The summed E-state index contributed by atoms with van der Waals surface area (Å²) in [6, 6.07) is 19.8. The molecule has 0 radical (unpaired) electrons. The smallest absolute Gasteiger partial charge is 0.410 e. The van der Waals surface area contributed by atoms with Crippen LogP contribution in [0.2, 0.25) is 0 Å². The fourth-order valence-corrected chi connectivity index (χ4v) is 12.1. The number of benzene rings is 1. The third-order valence-corrected chi connectivity index (χ3v) is 16.0. The van der Waals surface area contributed by atoms with Crippen molar-refractivity contribution in [2.75, 3.05) is 62.2 Å². The van der Waals surface area contributed by atoms with Gasteiger partial charge in [-0.3, -0.25) is 0 Å². The van der Waals surface area contributed by atoms with Crippen molar-refractivity contribution in [1.82, 2.24) is 30.0 Å². The van der Waals surface area contributed by atoms with E-state index in [9.17, 15) is 14.4 Å². The number of hydrogen-bond acceptors (Lipinski definition) is 15. The van der Waals surface area contributed by atoms with Gasteiger partial charge < -0.3 is 63.0 Å². The van der Waals surface area contributed by atoms with Crippen molar-refractivity contribution in [3.8, 4) is 11.8 Å². The Morgan fingerprint density at radius 3 is 1.41 bits per heavy atom. The summed E-state index contributed by atoms with van der Waals surface area (Å²) >= 11 is 0. The lowest BCUT2D eigenvalue weighted by Crippen LogP contribution is -2.55. The second-order valence-corrected chi connectivity index (χ2v) is 24.2. The Morgan fingerprint density at radius 2 is 0.961 bits per heavy atom. The maximum Gasteiger partial charge on any atom is 0.410 e. The third-order valence-electron chi connectivity index (χ3n) is 16.0. The van der Waals surface area contributed by atoms with Gasteiger partial charge in [-0.05, 0) is 111 Å². The average molecular weight is 1050 g/mol. The molecule has 6 saturated heterocycles. The van der Waals surface area contributed by atoms with Gasteiger partial charge >= 0.3 is 18.3 Å². The van der Waals surface area contributed by atoms with Gasteiger partial charge in [0.25, 0.3) is 0 Å². The van der Waals surface area contributed by atoms with Gasteiger partial charge in [0, 0.05) is 138 Å². The Balaban J connectivity index is 0.000000179. The molecule has 3 amide bonds. The van der Waals surface area contributed by atoms with E-state index in [1.54, 1.807) is 9.80 Å². The standard InChI is InChI=1S/C33H44N4O6.C25H38N4O4/c1-33(2,3)43-32(39)35-15-12-27(13-16-35)41-28-18-29(19-28)42-30-17-24(11-14-34-30)37-25-9-10-26(37)21-36(20-25)31(38)40-22-23-7-5-4-6-8-23;1-25(2,3)33-24(30)28-10-7-20(8-11-28)31-21-13-22(14-21)32-23-12-17(6-9-27-23)29-18-4-5-19(29)16-26-15-18/h4-8,11,14,17,25-29H,9-10,12-13,15-16,18-22H2,1-3H3;6,9,12,18-22,26H,4-5,7-8,10-11,13-16H2,1-3H3. The summed E-state index contributed by atoms with van der Waals surface area (Å²) in [4.78, 5) is 56.7. The summed E-state index contributed by atoms with van der Waals surface area (Å²) in [5.41, 5.74) is 2.39. The number of aromatic nitrogens is 2. The van der Waals surface area contributed by atoms with E-state index in [0.717, 1.165) is 94.4 Å². The Bertz CT molecular complexity index is 2380. The first-order chi connectivity index (χ1) is 36.5. The van der Waals surface area contributed by atoms with Crippen LogP contribution >= 0.6 is 0 Å². The van der Waals surface area contributed by atoms with Crippen LogP contribution < -0.4 is 24.6 Å². The van der Waals surface area contributed by atoms with Crippen molar-refractivity contribution in [3.63, 3.8) is 0 Å². The molecule has 414 valence electrons. The van der Waals surface area contributed by atoms with E-state index in [-0.39, 0.29) is 67.0 Å². The molecule has 3 aromatic rings. The minimum absolute atomic E-state index is 0.0857. The lowest BCUT2D eigenvalue weighted by Gasteiger charge is -2.42. The van der Waals surface area contributed by atoms with E-state index in [1.165, 1.54) is 18.5 Å². The van der Waals surface area contributed by atoms with E-state index in [0.29, 0.717) is 63.8 Å². The molecule has 4 atom stereocenters. The number of likely N-dealkylation sites (tertiary alicyclic amines) is 3. The SMILES string of the molecule is CC(C)(C)OC(=O)N1CCC(OC2CC(Oc3cc(N4C5CCC4CN(C(=O)OCc4ccccc4)C5)ccn3)C2)CC1.CC(C)(C)OC(=O)N1CCC(OC2CC(Oc3cc(N4C5CCC4CNC5)ccn3)C2)CC1. The van der Waals surface area contributed by atoms with Crippen molar-refractivity contribution in [2.45, 2.75) is 197 Å². The minimum atomic E-state index is -0.479. The number of nitrogens with zero attached hydrogens (tertiary/aromatic N) is 7. The highest BCUT2D eigenvalue weighted by atomic mass is 16.6. The molecule has 18 heteroatoms. The number of carbonyl (C=O) groups excluding carboxylic acids is 3. The molecule has 1 N–H and O–H groups in total. The molecule has 11 rings (SSSR count). The molecule has 8 heterocycles. The topological polar surface area (TPSA) is 170 Å². The molecular weight excluding hydrogens is 969 g/mol. The molecule has 4 unspecified atom stereocenters. The third kappa shape index (κ3) is 13.9. The van der Waals surface area contributed by atoms with Crippen molar-refractivity contribution < 1.29 is 47.5 Å². The lowest BCUT2D eigenvalue weighted by molar-refractivity contribution is -0.111. The number of piperidine rings is 2. The van der Waals surface area contributed by atoms with Crippen LogP contribution in [-0.4, -0.2) is 167 Å². The number of amides is 3. The van der Waals surface area contributed by atoms with Crippen molar-refractivity contribution >= 4 is 29.7 Å². The summed E-state index contributed by atoms with van der Waals surface area (Å²) in [5.74, 6) is 1.36. The first-order valence-electron chi connectivity index (χ1n) is 28.3. The number of anilines is 2. The molecule has 8 fully saturated rings. The number of nitrogens with one attached hydrogen (secondary N) is 1. The Kier molecular flexibility index (Phi) is 16.7. The van der Waals surface area contributed by atoms with Gasteiger partial charge in [-0.25, -0.2) is 24.4 Å². The van der Waals surface area contributed by atoms with E-state index in [1.807, 2.05) is 101 Å². The summed E-state index contributed by atoms with van der Waals surface area (Å²) in [6.45, 7) is 17.8. The van der Waals surface area contributed by atoms with Crippen LogP contribution in [0.3, 0.4) is 0 Å². The highest BCUT2D eigenvalue weighted by molar-refractivity contribution is 5.69. The zero-order valence-corrected chi connectivity index (χ0v) is 45.7. The van der Waals surface area contributed by atoms with Crippen LogP contribution in [0, 0.1) is 0 Å². The predicted molar refractivity (Wildman–Crippen MR) is 287 cm³/mol. The van der Waals surface area contributed by atoms with Crippen LogP contribution in [-0.2, 0) is 30.3 Å². The second kappa shape index (κ2) is 23.6. The molecular formula is C58H82N8O10. The molecule has 18 nitrogen and oxygen atoms in total. The Labute approximate surface area is 449 Å². The normalized spacial score (nSPS) is 27.6. The van der Waals surface area contributed by atoms with Gasteiger partial charge in [-0.2, -0.15) is 0 Å². The second-order valence-electron chi connectivity index (χ2n) is 24.2. The number of fused-ring (bicyclic) bond motifs is 4. The van der Waals surface area contributed by atoms with Crippen molar-refractivity contribution in [3.05, 3.63) is 72.6 Å². The molecule has 4 bridgehead atoms. The van der Waals surface area contributed by atoms with Gasteiger partial charge in [-0.1, -0.05) is 30.3 Å². The Hall–Kier alpha value is -5.59. The number of rotatable bonds is 12. The molecule has 1 aromatic carbocycles. The number of carbonyl (C=O) groups is 3. The van der Waals surface area contributed by atoms with Gasteiger partial charge in [0.15, 0.2) is 0 Å². The van der Waals surface area contributed by atoms with Gasteiger partial charge in [0.1, 0.15) is 30.0 Å². The molecule has 2 aliphatic carbocycles. The first-order valence-corrected chi connectivity index (χ1v) is 28.3. The largest absolute Gasteiger partial charge is 0.474 e. The van der Waals surface area contributed by atoms with Crippen molar-refractivity contribution in [2.24, 2.45) is 0 Å². The summed E-state index contributed by atoms with van der Waals surface area (Å²) in [5, 5.41) is 3.54. The van der Waals surface area contributed by atoms with Crippen molar-refractivity contribution in [1.29, 1.82) is 0 Å². The summed E-state index contributed by atoms with van der Waals surface area (Å²) < 4.78 is 41.6. The molecule has 6 aliphatic heterocycles. The minimum Gasteiger partial charge on any atom is -0.474 e. The number of ether oxygens (including phenoxy) is 7. The van der Waals surface area contributed by atoms with Crippen LogP contribution in [0.15, 0.2) is 67.0 Å². The van der Waals surface area contributed by atoms with Gasteiger partial charge in [0.2, 0.25) is 11.8 Å². The zero-order chi connectivity index (χ0) is 53.0. The van der Waals surface area contributed by atoms with E-state index < -0.39 is 11.2 Å². The molecule has 2 saturated carbocycles. The number of pyridine rings is 2. The molecule has 76 heavy (non-hydrogen) atoms. The average Bonchev–Trinajstić information content (AvgIpc) is 3.81. The molecule has 0 spiro atoms. The summed E-state index contributed by atoms with van der Waals surface area (Å²) in [7, 11) is 0. The lowest BCUT2D eigenvalue weighted by atomic mass is 9.91. The van der Waals surface area contributed by atoms with E-state index in [4.69, 9.17) is 33.2 Å². The van der Waals surface area contributed by atoms with Crippen LogP contribution in [0.5, 0.6) is 11.8 Å². The highest BCUT2D eigenvalue weighted by Gasteiger charge is 2.43. The zero-order valence-electron chi connectivity index (χ0n) is 45.7. The van der Waals surface area contributed by atoms with E-state index in [2.05, 4.69) is 37.2 Å². The predicted octanol–water partition coefficient (Wildman–Crippen LogP) is 8.75. The maximum atomic E-state index is 12.8. The van der Waals surface area contributed by atoms with E-state index >= 15 is 0 Å². The van der Waals surface area contributed by atoms with Gasteiger partial charge in [0.05, 0.1) is 24.4 Å². The fraction of sp³-hybridized carbons (Fsp3) is 0.672. The van der Waals surface area contributed by atoms with Crippen LogP contribution in [0.4, 0.5) is 25.8 Å². The number of piperazine rings is 2. The fourth-order valence-electron chi connectivity index (χ4n) is 12.1. The Morgan fingerprint density at radius 1 is 0.526 bits per heavy atom. The van der Waals surface area contributed by atoms with Crippen LogP contribution in [0.25, 0.3) is 0 Å². The molecule has 2 aromatic heterocycles.